The summed E-state index contributed by atoms with van der Waals surface area (Å²) < 4.78 is 12.5. The van der Waals surface area contributed by atoms with Gasteiger partial charge in [-0.25, -0.2) is 0 Å². The van der Waals surface area contributed by atoms with E-state index >= 15 is 0 Å². The third-order valence-corrected chi connectivity index (χ3v) is 12.4. The highest BCUT2D eigenvalue weighted by atomic mass is 16.5. The summed E-state index contributed by atoms with van der Waals surface area (Å²) in [6, 6.07) is 9.78. The summed E-state index contributed by atoms with van der Waals surface area (Å²) in [5.74, 6) is 0.894. The maximum atomic E-state index is 13.2. The number of nitrogens with one attached hydrogen (secondary N) is 1. The Bertz CT molecular complexity index is 1270. The van der Waals surface area contributed by atoms with Gasteiger partial charge in [0.05, 0.1) is 18.8 Å². The van der Waals surface area contributed by atoms with Gasteiger partial charge in [-0.05, 0) is 87.9 Å². The summed E-state index contributed by atoms with van der Waals surface area (Å²) >= 11 is 0. The van der Waals surface area contributed by atoms with Crippen LogP contribution in [0.4, 0.5) is 0 Å². The highest BCUT2D eigenvalue weighted by Gasteiger charge is 2.66. The SMILES string of the molecule is CC(=O)OC1CC2(C)C3CCC4C(=CC5OCC4(C)C5NC(=O)c4ccccc4)CC3=CCC2(C)C1C(C)N(C)C. The standard InChI is InChI=1S/C35H48N2O4/c1-21(37(6)7)30-29(41-22(2)38)19-35(5)27-14-13-26-25(17-24(27)15-16-34(30,35)4)18-28-31(33(26,3)20-40-28)36-32(39)23-11-9-8-10-12-23/h8-12,15,18,21,26-31H,13-14,16-17,19-20H2,1-7H3,(H,36,39). The van der Waals surface area contributed by atoms with E-state index in [0.29, 0.717) is 30.0 Å². The Balaban J connectivity index is 1.30. The van der Waals surface area contributed by atoms with Crippen LogP contribution < -0.4 is 5.32 Å². The number of fused-ring (bicyclic) bond motifs is 7. The van der Waals surface area contributed by atoms with Gasteiger partial charge in [0.1, 0.15) is 6.10 Å². The van der Waals surface area contributed by atoms with E-state index < -0.39 is 0 Å². The molecule has 1 aromatic carbocycles. The molecule has 41 heavy (non-hydrogen) atoms. The van der Waals surface area contributed by atoms with Crippen molar-refractivity contribution in [2.24, 2.45) is 34.0 Å². The van der Waals surface area contributed by atoms with Gasteiger partial charge in [0.25, 0.3) is 5.91 Å². The predicted octanol–water partition coefficient (Wildman–Crippen LogP) is 5.79. The molecule has 1 N–H and O–H groups in total. The molecule has 6 nitrogen and oxygen atoms in total. The fourth-order valence-electron chi connectivity index (χ4n) is 9.94. The first kappa shape index (κ1) is 28.7. The van der Waals surface area contributed by atoms with Gasteiger partial charge >= 0.3 is 5.97 Å². The number of rotatable bonds is 5. The first-order valence-corrected chi connectivity index (χ1v) is 15.6. The molecule has 1 aromatic rings. The fourth-order valence-corrected chi connectivity index (χ4v) is 9.94. The predicted molar refractivity (Wildman–Crippen MR) is 160 cm³/mol. The smallest absolute Gasteiger partial charge is 0.302 e. The minimum atomic E-state index is -0.172. The number of allylic oxidation sites excluding steroid dienone is 3. The second kappa shape index (κ2) is 10.1. The van der Waals surface area contributed by atoms with E-state index in [0.717, 1.165) is 32.1 Å². The van der Waals surface area contributed by atoms with Gasteiger partial charge in [-0.1, -0.05) is 62.3 Å². The minimum absolute atomic E-state index is 0.0222. The number of carbonyl (C=O) groups excluding carboxylic acids is 2. The molecule has 1 heterocycles. The molecule has 10 atom stereocenters. The lowest BCUT2D eigenvalue weighted by Gasteiger charge is -2.53. The molecular weight excluding hydrogens is 512 g/mol. The van der Waals surface area contributed by atoms with Crippen molar-refractivity contribution in [1.82, 2.24) is 10.2 Å². The molecule has 3 fully saturated rings. The molecule has 6 heteroatoms. The molecule has 0 radical (unpaired) electrons. The topological polar surface area (TPSA) is 67.9 Å². The Morgan fingerprint density at radius 1 is 1.05 bits per heavy atom. The number of hydrogen-bond donors (Lipinski definition) is 1. The van der Waals surface area contributed by atoms with Crippen molar-refractivity contribution in [3.63, 3.8) is 0 Å². The largest absolute Gasteiger partial charge is 0.462 e. The molecule has 2 bridgehead atoms. The summed E-state index contributed by atoms with van der Waals surface area (Å²) in [5, 5.41) is 3.38. The maximum absolute atomic E-state index is 13.2. The van der Waals surface area contributed by atoms with Crippen LogP contribution in [0.1, 0.15) is 77.1 Å². The highest BCUT2D eigenvalue weighted by molar-refractivity contribution is 5.94. The van der Waals surface area contributed by atoms with E-state index in [1.54, 1.807) is 12.5 Å². The number of amides is 1. The van der Waals surface area contributed by atoms with Gasteiger partial charge in [-0.15, -0.1) is 0 Å². The van der Waals surface area contributed by atoms with Crippen LogP contribution in [-0.4, -0.2) is 61.8 Å². The van der Waals surface area contributed by atoms with Gasteiger partial charge in [-0.2, -0.15) is 0 Å². The van der Waals surface area contributed by atoms with Crippen molar-refractivity contribution in [2.45, 2.75) is 91.0 Å². The van der Waals surface area contributed by atoms with Gasteiger partial charge in [0.2, 0.25) is 0 Å². The monoisotopic (exact) mass is 560 g/mol. The quantitative estimate of drug-likeness (QED) is 0.365. The van der Waals surface area contributed by atoms with Crippen LogP contribution >= 0.6 is 0 Å². The summed E-state index contributed by atoms with van der Waals surface area (Å²) in [5.41, 5.74) is 3.68. The fraction of sp³-hybridized carbons (Fsp3) is 0.657. The lowest BCUT2D eigenvalue weighted by molar-refractivity contribution is -0.150. The van der Waals surface area contributed by atoms with Crippen molar-refractivity contribution < 1.29 is 19.1 Å². The molecule has 4 aliphatic carbocycles. The molecule has 1 aliphatic heterocycles. The first-order chi connectivity index (χ1) is 19.4. The number of benzene rings is 1. The van der Waals surface area contributed by atoms with Crippen LogP contribution in [0.5, 0.6) is 0 Å². The molecule has 5 aliphatic rings. The lowest BCUT2D eigenvalue weighted by Crippen LogP contribution is -2.54. The van der Waals surface area contributed by atoms with Crippen molar-refractivity contribution in [1.29, 1.82) is 0 Å². The van der Waals surface area contributed by atoms with Gasteiger partial charge in [0, 0.05) is 29.9 Å². The Morgan fingerprint density at radius 3 is 2.44 bits per heavy atom. The highest BCUT2D eigenvalue weighted by Crippen LogP contribution is 2.69. The van der Waals surface area contributed by atoms with Crippen LogP contribution in [0.2, 0.25) is 0 Å². The molecule has 10 unspecified atom stereocenters. The Kier molecular flexibility index (Phi) is 7.05. The maximum Gasteiger partial charge on any atom is 0.302 e. The molecular formula is C35H48N2O4. The van der Waals surface area contributed by atoms with E-state index in [2.05, 4.69) is 64.2 Å². The molecule has 1 saturated heterocycles. The van der Waals surface area contributed by atoms with E-state index in [1.807, 2.05) is 30.3 Å². The van der Waals surface area contributed by atoms with Gasteiger partial charge < -0.3 is 19.7 Å². The normalized spacial score (nSPS) is 41.8. The van der Waals surface area contributed by atoms with E-state index in [4.69, 9.17) is 9.47 Å². The number of hydrogen-bond acceptors (Lipinski definition) is 5. The second-order valence-corrected chi connectivity index (χ2v) is 14.6. The van der Waals surface area contributed by atoms with Gasteiger partial charge in [0.15, 0.2) is 0 Å². The Labute approximate surface area is 245 Å². The molecule has 222 valence electrons. The average molecular weight is 561 g/mol. The number of ether oxygens (including phenoxy) is 2. The second-order valence-electron chi connectivity index (χ2n) is 14.6. The van der Waals surface area contributed by atoms with Crippen molar-refractivity contribution in [3.8, 4) is 0 Å². The third-order valence-electron chi connectivity index (χ3n) is 12.4. The molecule has 0 spiro atoms. The zero-order valence-electron chi connectivity index (χ0n) is 25.9. The van der Waals surface area contributed by atoms with E-state index in [-0.39, 0.29) is 52.3 Å². The first-order valence-electron chi connectivity index (χ1n) is 15.6. The van der Waals surface area contributed by atoms with Crippen LogP contribution in [0.3, 0.4) is 0 Å². The van der Waals surface area contributed by atoms with Crippen LogP contribution in [0.15, 0.2) is 53.6 Å². The molecule has 1 amide bonds. The van der Waals surface area contributed by atoms with Crippen molar-refractivity contribution in [3.05, 3.63) is 59.2 Å². The zero-order chi connectivity index (χ0) is 29.3. The van der Waals surface area contributed by atoms with Crippen LogP contribution in [0, 0.1) is 34.0 Å². The Hall–Kier alpha value is -2.44. The van der Waals surface area contributed by atoms with Crippen molar-refractivity contribution >= 4 is 11.9 Å². The summed E-state index contributed by atoms with van der Waals surface area (Å²) in [4.78, 5) is 27.8. The molecule has 6 rings (SSSR count). The zero-order valence-corrected chi connectivity index (χ0v) is 25.9. The van der Waals surface area contributed by atoms with E-state index in [1.165, 1.54) is 5.57 Å². The number of carbonyl (C=O) groups is 2. The van der Waals surface area contributed by atoms with Gasteiger partial charge in [-0.3, -0.25) is 9.59 Å². The van der Waals surface area contributed by atoms with Crippen LogP contribution in [-0.2, 0) is 14.3 Å². The average Bonchev–Trinajstić information content (AvgIpc) is 3.17. The number of esters is 1. The third kappa shape index (κ3) is 4.34. The molecule has 2 saturated carbocycles. The minimum Gasteiger partial charge on any atom is -0.462 e. The summed E-state index contributed by atoms with van der Waals surface area (Å²) in [7, 11) is 4.29. The molecule has 0 aromatic heterocycles. The lowest BCUT2D eigenvalue weighted by atomic mass is 9.51. The summed E-state index contributed by atoms with van der Waals surface area (Å²) in [6.45, 7) is 11.8. The number of nitrogens with zero attached hydrogens (tertiary/aromatic N) is 1. The van der Waals surface area contributed by atoms with Crippen LogP contribution in [0.25, 0.3) is 0 Å². The van der Waals surface area contributed by atoms with E-state index in [9.17, 15) is 9.59 Å². The Morgan fingerprint density at radius 2 is 1.76 bits per heavy atom. The van der Waals surface area contributed by atoms with Crippen molar-refractivity contribution in [2.75, 3.05) is 20.7 Å². The summed E-state index contributed by atoms with van der Waals surface area (Å²) in [6.07, 6.45) is 9.84.